The van der Waals surface area contributed by atoms with Crippen molar-refractivity contribution in [2.24, 2.45) is 5.92 Å². The summed E-state index contributed by atoms with van der Waals surface area (Å²) in [4.78, 5) is 32.1. The molecule has 234 valence electrons. The van der Waals surface area contributed by atoms with Crippen LogP contribution in [0, 0.1) is 5.92 Å². The van der Waals surface area contributed by atoms with Crippen molar-refractivity contribution in [2.75, 3.05) is 44.3 Å². The van der Waals surface area contributed by atoms with Crippen LogP contribution in [0.2, 0.25) is 5.02 Å². The van der Waals surface area contributed by atoms with Crippen molar-refractivity contribution in [3.8, 4) is 17.3 Å². The van der Waals surface area contributed by atoms with Crippen molar-refractivity contribution in [3.05, 3.63) is 35.1 Å². The van der Waals surface area contributed by atoms with E-state index in [0.717, 1.165) is 78.3 Å². The van der Waals surface area contributed by atoms with Gasteiger partial charge in [0, 0.05) is 60.2 Å². The minimum absolute atomic E-state index is 0.0915. The highest BCUT2D eigenvalue weighted by Crippen LogP contribution is 2.54. The molecular formula is C32H34ClFN8O3. The molecule has 5 aliphatic heterocycles. The Bertz CT molecular complexity index is 1840. The number of rotatable bonds is 3. The van der Waals surface area contributed by atoms with E-state index in [1.54, 1.807) is 6.20 Å². The highest BCUT2D eigenvalue weighted by molar-refractivity contribution is 6.33. The maximum Gasteiger partial charge on any atom is 0.407 e. The summed E-state index contributed by atoms with van der Waals surface area (Å²) >= 11 is 6.95. The lowest BCUT2D eigenvalue weighted by Gasteiger charge is -2.34. The Kier molecular flexibility index (Phi) is 6.35. The molecule has 4 aromatic rings. The van der Waals surface area contributed by atoms with Gasteiger partial charge in [-0.1, -0.05) is 11.6 Å². The Labute approximate surface area is 263 Å². The minimum atomic E-state index is -0.843. The Balaban J connectivity index is 1.19. The molecule has 6 aliphatic rings. The molecule has 11 nitrogen and oxygen atoms in total. The van der Waals surface area contributed by atoms with Crippen molar-refractivity contribution >= 4 is 45.3 Å². The number of hydrogen-bond acceptors (Lipinski definition) is 9. The average molecular weight is 633 g/mol. The molecule has 3 saturated heterocycles. The van der Waals surface area contributed by atoms with Gasteiger partial charge in [0.05, 0.1) is 40.5 Å². The van der Waals surface area contributed by atoms with Gasteiger partial charge in [-0.3, -0.25) is 15.0 Å². The lowest BCUT2D eigenvalue weighted by molar-refractivity contribution is 0.107. The van der Waals surface area contributed by atoms with E-state index >= 15 is 0 Å². The van der Waals surface area contributed by atoms with Crippen LogP contribution in [0.25, 0.3) is 33.1 Å². The zero-order valence-electron chi connectivity index (χ0n) is 24.8. The molecule has 1 saturated carbocycles. The van der Waals surface area contributed by atoms with Gasteiger partial charge >= 0.3 is 12.1 Å². The lowest BCUT2D eigenvalue weighted by atomic mass is 9.95. The number of alkyl halides is 1. The summed E-state index contributed by atoms with van der Waals surface area (Å²) in [5.41, 5.74) is 3.81. The number of nitrogens with one attached hydrogen (secondary N) is 2. The Hall–Kier alpha value is -3.77. The predicted molar refractivity (Wildman–Crippen MR) is 167 cm³/mol. The van der Waals surface area contributed by atoms with Crippen LogP contribution in [0.4, 0.5) is 15.0 Å². The van der Waals surface area contributed by atoms with E-state index in [-0.39, 0.29) is 29.4 Å². The molecule has 1 aliphatic carbocycles. The summed E-state index contributed by atoms with van der Waals surface area (Å²) in [7, 11) is 0. The number of hydrogen-bond donors (Lipinski definition) is 2. The van der Waals surface area contributed by atoms with Gasteiger partial charge in [-0.2, -0.15) is 15.1 Å². The molecule has 5 atom stereocenters. The standard InChI is InChI=1S/C32H34ClFN8O3/c33-23-8-25-21(12-36-40-25)28-26-9-24-22(11-35-26)29(39-30(38-24)45-16-32-4-2-6-42(32)13-18(34)10-32)41-5-1-3-19(14-41)37-31(43)44-15-17-7-20(17)27(23)28/h8-9,11-12,17-20H,1-7,10,13-16H2,(H,36,40)(H,37,43)/t17-,18-,19?,20-,32+/m1/s1. The number of aromatic amines is 1. The van der Waals surface area contributed by atoms with E-state index < -0.39 is 12.3 Å². The fourth-order valence-corrected chi connectivity index (χ4v) is 8.60. The zero-order valence-corrected chi connectivity index (χ0v) is 25.5. The number of halogens is 2. The van der Waals surface area contributed by atoms with Crippen LogP contribution in [-0.2, 0) is 4.74 Å². The number of amides is 1. The minimum Gasteiger partial charge on any atom is -0.461 e. The summed E-state index contributed by atoms with van der Waals surface area (Å²) in [5, 5.41) is 12.8. The van der Waals surface area contributed by atoms with Gasteiger partial charge < -0.3 is 19.7 Å². The van der Waals surface area contributed by atoms with E-state index in [2.05, 4.69) is 25.3 Å². The molecule has 0 spiro atoms. The molecule has 8 heterocycles. The van der Waals surface area contributed by atoms with Gasteiger partial charge in [0.1, 0.15) is 18.6 Å². The van der Waals surface area contributed by atoms with Crippen molar-refractivity contribution < 1.29 is 18.7 Å². The van der Waals surface area contributed by atoms with Gasteiger partial charge in [0.25, 0.3) is 0 Å². The first kappa shape index (κ1) is 27.5. The molecule has 0 radical (unpaired) electrons. The highest BCUT2D eigenvalue weighted by Gasteiger charge is 2.49. The molecule has 3 aromatic heterocycles. The Morgan fingerprint density at radius 3 is 3.02 bits per heavy atom. The van der Waals surface area contributed by atoms with Crippen LogP contribution in [0.3, 0.4) is 0 Å². The first-order chi connectivity index (χ1) is 21.9. The molecule has 1 amide bonds. The third-order valence-corrected chi connectivity index (χ3v) is 10.8. The number of carbonyl (C=O) groups excluding carboxylic acids is 1. The molecule has 1 unspecified atom stereocenters. The van der Waals surface area contributed by atoms with Gasteiger partial charge in [-0.25, -0.2) is 9.18 Å². The summed E-state index contributed by atoms with van der Waals surface area (Å²) in [5.74, 6) is 0.989. The number of anilines is 1. The Morgan fingerprint density at radius 2 is 2.09 bits per heavy atom. The van der Waals surface area contributed by atoms with Crippen molar-refractivity contribution in [2.45, 2.75) is 62.2 Å². The van der Waals surface area contributed by atoms with E-state index in [9.17, 15) is 9.18 Å². The number of ether oxygens (including phenoxy) is 2. The van der Waals surface area contributed by atoms with Gasteiger partial charge in [-0.05, 0) is 62.3 Å². The SMILES string of the molecule is O=C1NC2CCCN(C2)c2nc(OC[C@@]34CCCN3C[C@H](F)C4)nc3cc(ncc23)-c2c(c(Cl)cc3[nH]ncc23)[C@@H]2C[C@@H]2CO1. The lowest BCUT2D eigenvalue weighted by Crippen LogP contribution is -2.48. The van der Waals surface area contributed by atoms with Crippen LogP contribution in [-0.4, -0.2) is 93.3 Å². The molecule has 10 rings (SSSR count). The van der Waals surface area contributed by atoms with Crippen molar-refractivity contribution in [3.63, 3.8) is 0 Å². The Morgan fingerprint density at radius 1 is 1.16 bits per heavy atom. The number of H-pyrrole nitrogens is 1. The largest absolute Gasteiger partial charge is 0.461 e. The monoisotopic (exact) mass is 632 g/mol. The number of carbonyl (C=O) groups is 1. The molecule has 45 heavy (non-hydrogen) atoms. The summed E-state index contributed by atoms with van der Waals surface area (Å²) in [6, 6.07) is 4.07. The van der Waals surface area contributed by atoms with E-state index in [1.165, 1.54) is 0 Å². The molecule has 2 N–H and O–H groups in total. The zero-order chi connectivity index (χ0) is 30.3. The second-order valence-electron chi connectivity index (χ2n) is 13.4. The molecule has 4 fully saturated rings. The van der Waals surface area contributed by atoms with E-state index in [0.29, 0.717) is 49.1 Å². The van der Waals surface area contributed by atoms with E-state index in [1.807, 2.05) is 18.3 Å². The number of benzene rings is 1. The van der Waals surface area contributed by atoms with Crippen LogP contribution in [0.5, 0.6) is 6.01 Å². The summed E-state index contributed by atoms with van der Waals surface area (Å²) in [6.45, 7) is 3.34. The predicted octanol–water partition coefficient (Wildman–Crippen LogP) is 4.99. The maximum absolute atomic E-state index is 14.5. The number of alkyl carbamates (subject to hydrolysis) is 1. The molecular weight excluding hydrogens is 599 g/mol. The van der Waals surface area contributed by atoms with Crippen molar-refractivity contribution in [1.29, 1.82) is 0 Å². The van der Waals surface area contributed by atoms with Crippen LogP contribution in [0.15, 0.2) is 24.5 Å². The van der Waals surface area contributed by atoms with Gasteiger partial charge in [0.15, 0.2) is 0 Å². The van der Waals surface area contributed by atoms with Gasteiger partial charge in [-0.15, -0.1) is 0 Å². The second kappa shape index (κ2) is 10.4. The molecule has 1 aromatic carbocycles. The maximum atomic E-state index is 14.5. The number of fused-ring (bicyclic) bond motifs is 6. The fraction of sp³-hybridized carbons (Fsp3) is 0.531. The van der Waals surface area contributed by atoms with Crippen molar-refractivity contribution in [1.82, 2.24) is 35.4 Å². The topological polar surface area (TPSA) is 121 Å². The smallest absolute Gasteiger partial charge is 0.407 e. The van der Waals surface area contributed by atoms with Crippen LogP contribution >= 0.6 is 11.6 Å². The number of nitrogens with zero attached hydrogens (tertiary/aromatic N) is 6. The number of piperidine rings is 1. The van der Waals surface area contributed by atoms with Gasteiger partial charge in [0.2, 0.25) is 0 Å². The third-order valence-electron chi connectivity index (χ3n) is 10.5. The number of aromatic nitrogens is 5. The average Bonchev–Trinajstić information content (AvgIpc) is 3.28. The second-order valence-corrected chi connectivity index (χ2v) is 13.8. The van der Waals surface area contributed by atoms with Crippen LogP contribution < -0.4 is 15.0 Å². The molecule has 13 heteroatoms. The normalized spacial score (nSPS) is 29.5. The number of pyridine rings is 1. The first-order valence-electron chi connectivity index (χ1n) is 16.0. The fourth-order valence-electron chi connectivity index (χ4n) is 8.25. The highest BCUT2D eigenvalue weighted by atomic mass is 35.5. The summed E-state index contributed by atoms with van der Waals surface area (Å²) in [6.07, 6.45) is 7.38. The van der Waals surface area contributed by atoms with Crippen LogP contribution in [0.1, 0.15) is 50.0 Å². The van der Waals surface area contributed by atoms with E-state index in [4.69, 9.17) is 36.0 Å². The third kappa shape index (κ3) is 4.67. The quantitative estimate of drug-likeness (QED) is 0.322. The summed E-state index contributed by atoms with van der Waals surface area (Å²) < 4.78 is 26.6. The first-order valence-corrected chi connectivity index (χ1v) is 16.4. The molecule has 6 bridgehead atoms.